The summed E-state index contributed by atoms with van der Waals surface area (Å²) in [5, 5.41) is 15.4. The molecule has 0 atom stereocenters. The molecule has 0 radical (unpaired) electrons. The Kier molecular flexibility index (Phi) is 4.68. The summed E-state index contributed by atoms with van der Waals surface area (Å²) in [6.07, 6.45) is 0. The molecule has 2 rings (SSSR count). The third kappa shape index (κ3) is 3.55. The number of anilines is 4. The van der Waals surface area contributed by atoms with Crippen LogP contribution in [0, 0.1) is 0 Å². The summed E-state index contributed by atoms with van der Waals surface area (Å²) in [6, 6.07) is 13.3. The lowest BCUT2D eigenvalue weighted by Crippen LogP contribution is -2.10. The molecule has 0 aromatic heterocycles. The molecule has 0 aliphatic heterocycles. The highest BCUT2D eigenvalue weighted by Gasteiger charge is 2.04. The Morgan fingerprint density at radius 3 is 2.50 bits per heavy atom. The topological polar surface area (TPSA) is 96.3 Å². The second-order valence-corrected chi connectivity index (χ2v) is 4.51. The molecule has 0 saturated carbocycles. The first-order valence-electron chi connectivity index (χ1n) is 6.52. The van der Waals surface area contributed by atoms with Crippen molar-refractivity contribution in [2.75, 3.05) is 35.3 Å². The minimum Gasteiger partial charge on any atom is -0.399 e. The summed E-state index contributed by atoms with van der Waals surface area (Å²) in [4.78, 5) is 0. The third-order valence-electron chi connectivity index (χ3n) is 2.99. The van der Waals surface area contributed by atoms with Crippen LogP contribution in [0.2, 0.25) is 0 Å². The molecule has 0 amide bonds. The molecule has 2 aromatic carbocycles. The number of nitrogen functional groups attached to an aromatic ring is 2. The van der Waals surface area contributed by atoms with E-state index in [0.29, 0.717) is 24.5 Å². The van der Waals surface area contributed by atoms with Crippen molar-refractivity contribution >= 4 is 22.7 Å². The number of nitrogens with one attached hydrogen (secondary N) is 2. The van der Waals surface area contributed by atoms with Gasteiger partial charge < -0.3 is 27.2 Å². The van der Waals surface area contributed by atoms with E-state index in [1.165, 1.54) is 0 Å². The summed E-state index contributed by atoms with van der Waals surface area (Å²) < 4.78 is 0. The fraction of sp³-hybridized carbons (Fsp3) is 0.200. The van der Waals surface area contributed by atoms with Gasteiger partial charge >= 0.3 is 0 Å². The van der Waals surface area contributed by atoms with Crippen LogP contribution in [0.3, 0.4) is 0 Å². The molecule has 0 aliphatic rings. The van der Waals surface area contributed by atoms with E-state index in [4.69, 9.17) is 16.6 Å². The zero-order valence-electron chi connectivity index (χ0n) is 11.3. The molecule has 2 aromatic rings. The molecule has 20 heavy (non-hydrogen) atoms. The van der Waals surface area contributed by atoms with Gasteiger partial charge in [-0.15, -0.1) is 0 Å². The maximum Gasteiger partial charge on any atom is 0.0604 e. The Balaban J connectivity index is 2.11. The molecule has 5 heteroatoms. The van der Waals surface area contributed by atoms with Crippen molar-refractivity contribution in [3.8, 4) is 0 Å². The standard InChI is InChI=1S/C15H20N4O/c16-12-5-6-14(18-7-8-20)11(9-12)10-19-15-4-2-1-3-13(15)17/h1-6,9,18-20H,7-8,10,16-17H2. The normalized spacial score (nSPS) is 10.2. The second kappa shape index (κ2) is 6.68. The van der Waals surface area contributed by atoms with Gasteiger partial charge in [-0.2, -0.15) is 0 Å². The van der Waals surface area contributed by atoms with Crippen LogP contribution in [0.1, 0.15) is 5.56 Å². The summed E-state index contributed by atoms with van der Waals surface area (Å²) in [6.45, 7) is 1.19. The lowest BCUT2D eigenvalue weighted by Gasteiger charge is -2.14. The molecular formula is C15H20N4O. The number of hydrogen-bond acceptors (Lipinski definition) is 5. The SMILES string of the molecule is Nc1ccc(NCCO)c(CNc2ccccc2N)c1. The van der Waals surface area contributed by atoms with E-state index in [9.17, 15) is 0 Å². The first-order chi connectivity index (χ1) is 9.70. The Bertz CT molecular complexity index is 572. The molecule has 0 bridgehead atoms. The van der Waals surface area contributed by atoms with E-state index < -0.39 is 0 Å². The molecule has 7 N–H and O–H groups in total. The predicted octanol–water partition coefficient (Wildman–Crippen LogP) is 1.87. The summed E-state index contributed by atoms with van der Waals surface area (Å²) in [5.74, 6) is 0. The first-order valence-corrected chi connectivity index (χ1v) is 6.52. The molecule has 0 saturated heterocycles. The maximum absolute atomic E-state index is 8.90. The van der Waals surface area contributed by atoms with Crippen LogP contribution in [0.25, 0.3) is 0 Å². The molecule has 0 fully saturated rings. The van der Waals surface area contributed by atoms with Crippen LogP contribution in [0.4, 0.5) is 22.7 Å². The molecule has 5 nitrogen and oxygen atoms in total. The minimum atomic E-state index is 0.0862. The molecule has 0 aliphatic carbocycles. The van der Waals surface area contributed by atoms with Crippen LogP contribution in [0.15, 0.2) is 42.5 Å². The Labute approximate surface area is 118 Å². The minimum absolute atomic E-state index is 0.0862. The Morgan fingerprint density at radius 2 is 1.75 bits per heavy atom. The fourth-order valence-electron chi connectivity index (χ4n) is 1.97. The summed E-state index contributed by atoms with van der Waals surface area (Å²) in [5.41, 5.74) is 16.0. The fourth-order valence-corrected chi connectivity index (χ4v) is 1.97. The van der Waals surface area contributed by atoms with Crippen molar-refractivity contribution in [2.45, 2.75) is 6.54 Å². The number of aliphatic hydroxyl groups is 1. The molecule has 106 valence electrons. The van der Waals surface area contributed by atoms with E-state index in [-0.39, 0.29) is 6.61 Å². The van der Waals surface area contributed by atoms with Gasteiger partial charge in [0.2, 0.25) is 0 Å². The lowest BCUT2D eigenvalue weighted by molar-refractivity contribution is 0.311. The van der Waals surface area contributed by atoms with E-state index >= 15 is 0 Å². The van der Waals surface area contributed by atoms with E-state index in [1.54, 1.807) is 0 Å². The first kappa shape index (κ1) is 14.0. The number of nitrogens with two attached hydrogens (primary N) is 2. The lowest BCUT2D eigenvalue weighted by atomic mass is 10.1. The van der Waals surface area contributed by atoms with Gasteiger partial charge in [0.15, 0.2) is 0 Å². The van der Waals surface area contributed by atoms with Crippen LogP contribution < -0.4 is 22.1 Å². The highest BCUT2D eigenvalue weighted by Crippen LogP contribution is 2.22. The second-order valence-electron chi connectivity index (χ2n) is 4.51. The summed E-state index contributed by atoms with van der Waals surface area (Å²) >= 11 is 0. The number of benzene rings is 2. The number of aliphatic hydroxyl groups excluding tert-OH is 1. The van der Waals surface area contributed by atoms with Crippen molar-refractivity contribution in [3.63, 3.8) is 0 Å². The zero-order chi connectivity index (χ0) is 14.4. The maximum atomic E-state index is 8.90. The largest absolute Gasteiger partial charge is 0.399 e. The molecule has 0 heterocycles. The van der Waals surface area contributed by atoms with Gasteiger partial charge in [0.1, 0.15) is 0 Å². The number of rotatable bonds is 6. The van der Waals surface area contributed by atoms with E-state index in [2.05, 4.69) is 10.6 Å². The smallest absolute Gasteiger partial charge is 0.0604 e. The Hall–Kier alpha value is -2.40. The van der Waals surface area contributed by atoms with Gasteiger partial charge in [-0.25, -0.2) is 0 Å². The molecule has 0 unspecified atom stereocenters. The van der Waals surface area contributed by atoms with Crippen molar-refractivity contribution in [2.24, 2.45) is 0 Å². The van der Waals surface area contributed by atoms with Crippen molar-refractivity contribution < 1.29 is 5.11 Å². The number of para-hydroxylation sites is 2. The molecular weight excluding hydrogens is 252 g/mol. The van der Waals surface area contributed by atoms with Crippen LogP contribution in [0.5, 0.6) is 0 Å². The van der Waals surface area contributed by atoms with Gasteiger partial charge in [-0.3, -0.25) is 0 Å². The van der Waals surface area contributed by atoms with Gasteiger partial charge in [-0.05, 0) is 35.9 Å². The van der Waals surface area contributed by atoms with E-state index in [0.717, 1.165) is 16.9 Å². The van der Waals surface area contributed by atoms with Crippen LogP contribution >= 0.6 is 0 Å². The molecule has 0 spiro atoms. The zero-order valence-corrected chi connectivity index (χ0v) is 11.3. The predicted molar refractivity (Wildman–Crippen MR) is 84.6 cm³/mol. The highest BCUT2D eigenvalue weighted by molar-refractivity contribution is 5.67. The van der Waals surface area contributed by atoms with Crippen molar-refractivity contribution in [1.82, 2.24) is 0 Å². The monoisotopic (exact) mass is 272 g/mol. The average molecular weight is 272 g/mol. The van der Waals surface area contributed by atoms with Crippen molar-refractivity contribution in [3.05, 3.63) is 48.0 Å². The highest BCUT2D eigenvalue weighted by atomic mass is 16.3. The van der Waals surface area contributed by atoms with Gasteiger partial charge in [0.25, 0.3) is 0 Å². The third-order valence-corrected chi connectivity index (χ3v) is 2.99. The summed E-state index contributed by atoms with van der Waals surface area (Å²) in [7, 11) is 0. The van der Waals surface area contributed by atoms with E-state index in [1.807, 2.05) is 42.5 Å². The van der Waals surface area contributed by atoms with Gasteiger partial charge in [-0.1, -0.05) is 12.1 Å². The van der Waals surface area contributed by atoms with Gasteiger partial charge in [0, 0.05) is 24.5 Å². The average Bonchev–Trinajstić information content (AvgIpc) is 2.45. The number of hydrogen-bond donors (Lipinski definition) is 5. The Morgan fingerprint density at radius 1 is 0.950 bits per heavy atom. The van der Waals surface area contributed by atoms with Gasteiger partial charge in [0.05, 0.1) is 18.0 Å². The van der Waals surface area contributed by atoms with Crippen molar-refractivity contribution in [1.29, 1.82) is 0 Å². The van der Waals surface area contributed by atoms with Crippen LogP contribution in [-0.2, 0) is 6.54 Å². The van der Waals surface area contributed by atoms with Crippen LogP contribution in [-0.4, -0.2) is 18.3 Å². The quantitative estimate of drug-likeness (QED) is 0.517.